The normalized spacial score (nSPS) is 27.1. The van der Waals surface area contributed by atoms with Crippen LogP contribution >= 0.6 is 0 Å². The summed E-state index contributed by atoms with van der Waals surface area (Å²) in [5, 5.41) is 13.0. The molecule has 4 heteroatoms. The summed E-state index contributed by atoms with van der Waals surface area (Å²) < 4.78 is 28.3. The second-order valence-corrected chi connectivity index (χ2v) is 4.84. The molecule has 0 bridgehead atoms. The third-order valence-electron chi connectivity index (χ3n) is 3.51. The van der Waals surface area contributed by atoms with Gasteiger partial charge >= 0.3 is 0 Å². The number of benzene rings is 1. The first-order valence-corrected chi connectivity index (χ1v) is 5.83. The van der Waals surface area contributed by atoms with Crippen LogP contribution in [0.25, 0.3) is 0 Å². The van der Waals surface area contributed by atoms with Crippen molar-refractivity contribution in [2.45, 2.75) is 37.3 Å². The van der Waals surface area contributed by atoms with Crippen LogP contribution in [-0.4, -0.2) is 23.3 Å². The number of aliphatic hydroxyl groups is 1. The summed E-state index contributed by atoms with van der Waals surface area (Å²) in [4.78, 5) is 0. The number of hydrogen-bond acceptors (Lipinski definition) is 2. The van der Waals surface area contributed by atoms with E-state index in [1.54, 1.807) is 25.1 Å². The molecular weight excluding hydrogens is 224 g/mol. The maximum Gasteiger partial charge on any atom is 0.300 e. The first kappa shape index (κ1) is 12.5. The third kappa shape index (κ3) is 2.19. The van der Waals surface area contributed by atoms with Crippen LogP contribution in [0.15, 0.2) is 30.3 Å². The predicted molar refractivity (Wildman–Crippen MR) is 62.0 cm³/mol. The van der Waals surface area contributed by atoms with E-state index >= 15 is 0 Å². The van der Waals surface area contributed by atoms with Crippen molar-refractivity contribution in [3.8, 4) is 0 Å². The Labute approximate surface area is 99.7 Å². The summed E-state index contributed by atoms with van der Waals surface area (Å²) in [6, 6.07) is 7.49. The number of alkyl halides is 2. The fraction of sp³-hybridized carbons (Fsp3) is 0.538. The SMILES string of the molecule is CC1([C@H](O)C(F)(F)c2ccccc2)CCCN1. The van der Waals surface area contributed by atoms with Crippen molar-refractivity contribution in [2.75, 3.05) is 6.54 Å². The Hall–Kier alpha value is -1.00. The lowest BCUT2D eigenvalue weighted by molar-refractivity contribution is -0.145. The van der Waals surface area contributed by atoms with Crippen molar-refractivity contribution < 1.29 is 13.9 Å². The van der Waals surface area contributed by atoms with Gasteiger partial charge in [-0.2, -0.15) is 8.78 Å². The second-order valence-electron chi connectivity index (χ2n) is 4.84. The molecule has 17 heavy (non-hydrogen) atoms. The molecule has 1 aromatic rings. The molecule has 2 atom stereocenters. The zero-order valence-corrected chi connectivity index (χ0v) is 9.79. The summed E-state index contributed by atoms with van der Waals surface area (Å²) in [6.45, 7) is 2.33. The van der Waals surface area contributed by atoms with Crippen LogP contribution < -0.4 is 5.32 Å². The van der Waals surface area contributed by atoms with Crippen LogP contribution in [0.2, 0.25) is 0 Å². The van der Waals surface area contributed by atoms with Gasteiger partial charge in [-0.15, -0.1) is 0 Å². The molecule has 0 aromatic heterocycles. The van der Waals surface area contributed by atoms with Gasteiger partial charge in [0.1, 0.15) is 6.10 Å². The Kier molecular flexibility index (Phi) is 3.19. The fourth-order valence-corrected chi connectivity index (χ4v) is 2.37. The summed E-state index contributed by atoms with van der Waals surface area (Å²) in [7, 11) is 0. The highest BCUT2D eigenvalue weighted by atomic mass is 19.3. The Morgan fingerprint density at radius 3 is 2.53 bits per heavy atom. The van der Waals surface area contributed by atoms with Crippen molar-refractivity contribution in [1.29, 1.82) is 0 Å². The molecular formula is C13H17F2NO. The molecule has 0 saturated carbocycles. The van der Waals surface area contributed by atoms with E-state index < -0.39 is 17.6 Å². The summed E-state index contributed by atoms with van der Waals surface area (Å²) >= 11 is 0. The number of halogens is 2. The van der Waals surface area contributed by atoms with Crippen molar-refractivity contribution in [3.63, 3.8) is 0 Å². The van der Waals surface area contributed by atoms with Gasteiger partial charge in [0.15, 0.2) is 0 Å². The van der Waals surface area contributed by atoms with Crippen molar-refractivity contribution >= 4 is 0 Å². The number of nitrogens with one attached hydrogen (secondary N) is 1. The van der Waals surface area contributed by atoms with Crippen LogP contribution in [0.3, 0.4) is 0 Å². The van der Waals surface area contributed by atoms with Gasteiger partial charge in [-0.1, -0.05) is 30.3 Å². The minimum Gasteiger partial charge on any atom is -0.385 e. The third-order valence-corrected chi connectivity index (χ3v) is 3.51. The average molecular weight is 241 g/mol. The summed E-state index contributed by atoms with van der Waals surface area (Å²) in [5.74, 6) is -3.23. The van der Waals surface area contributed by atoms with E-state index in [1.807, 2.05) is 0 Å². The minimum absolute atomic E-state index is 0.137. The zero-order valence-electron chi connectivity index (χ0n) is 9.79. The molecule has 0 aliphatic carbocycles. The molecule has 0 radical (unpaired) electrons. The van der Waals surface area contributed by atoms with Gasteiger partial charge in [-0.05, 0) is 26.3 Å². The maximum atomic E-state index is 14.2. The lowest BCUT2D eigenvalue weighted by atomic mass is 9.86. The molecule has 94 valence electrons. The number of hydrogen-bond donors (Lipinski definition) is 2. The van der Waals surface area contributed by atoms with E-state index in [1.165, 1.54) is 12.1 Å². The zero-order chi connectivity index (χ0) is 12.5. The highest BCUT2D eigenvalue weighted by Gasteiger charge is 2.51. The standard InChI is InChI=1S/C13H17F2NO/c1-12(8-5-9-16-12)11(17)13(14,15)10-6-3-2-4-7-10/h2-4,6-7,11,16-17H,5,8-9H2,1H3/t11-,12?/m0/s1. The van der Waals surface area contributed by atoms with E-state index in [9.17, 15) is 13.9 Å². The number of rotatable bonds is 3. The second kappa shape index (κ2) is 4.35. The Bertz CT molecular complexity index is 374. The van der Waals surface area contributed by atoms with Crippen LogP contribution in [0, 0.1) is 0 Å². The van der Waals surface area contributed by atoms with E-state index in [-0.39, 0.29) is 5.56 Å². The molecule has 1 aliphatic heterocycles. The van der Waals surface area contributed by atoms with Crippen LogP contribution in [-0.2, 0) is 5.92 Å². The van der Waals surface area contributed by atoms with E-state index in [0.717, 1.165) is 6.42 Å². The van der Waals surface area contributed by atoms with E-state index in [2.05, 4.69) is 5.32 Å². The monoisotopic (exact) mass is 241 g/mol. The Morgan fingerprint density at radius 2 is 2.00 bits per heavy atom. The topological polar surface area (TPSA) is 32.3 Å². The van der Waals surface area contributed by atoms with Gasteiger partial charge in [-0.25, -0.2) is 0 Å². The highest BCUT2D eigenvalue weighted by Crippen LogP contribution is 2.39. The molecule has 1 fully saturated rings. The smallest absolute Gasteiger partial charge is 0.300 e. The van der Waals surface area contributed by atoms with Gasteiger partial charge < -0.3 is 10.4 Å². The molecule has 2 nitrogen and oxygen atoms in total. The van der Waals surface area contributed by atoms with Gasteiger partial charge in [0.2, 0.25) is 0 Å². The molecule has 1 heterocycles. The molecule has 1 unspecified atom stereocenters. The maximum absolute atomic E-state index is 14.2. The predicted octanol–water partition coefficient (Wildman–Crippen LogP) is 2.28. The van der Waals surface area contributed by atoms with Crippen molar-refractivity contribution in [2.24, 2.45) is 0 Å². The fourth-order valence-electron chi connectivity index (χ4n) is 2.37. The Morgan fingerprint density at radius 1 is 1.35 bits per heavy atom. The molecule has 2 rings (SSSR count). The molecule has 0 amide bonds. The Balaban J connectivity index is 2.26. The summed E-state index contributed by atoms with van der Waals surface area (Å²) in [5.41, 5.74) is -1.04. The van der Waals surface area contributed by atoms with Crippen LogP contribution in [0.5, 0.6) is 0 Å². The lowest BCUT2D eigenvalue weighted by Crippen LogP contribution is -2.54. The molecule has 1 aromatic carbocycles. The largest absolute Gasteiger partial charge is 0.385 e. The first-order valence-electron chi connectivity index (χ1n) is 5.83. The molecule has 2 N–H and O–H groups in total. The highest BCUT2D eigenvalue weighted by molar-refractivity contribution is 5.23. The quantitative estimate of drug-likeness (QED) is 0.851. The van der Waals surface area contributed by atoms with Gasteiger partial charge in [0, 0.05) is 11.1 Å². The first-order chi connectivity index (χ1) is 7.97. The van der Waals surface area contributed by atoms with Gasteiger partial charge in [0.25, 0.3) is 5.92 Å². The molecule has 0 spiro atoms. The van der Waals surface area contributed by atoms with Crippen LogP contribution in [0.4, 0.5) is 8.78 Å². The molecule has 1 saturated heterocycles. The van der Waals surface area contributed by atoms with E-state index in [0.29, 0.717) is 13.0 Å². The van der Waals surface area contributed by atoms with Crippen LogP contribution in [0.1, 0.15) is 25.3 Å². The average Bonchev–Trinajstić information content (AvgIpc) is 2.77. The van der Waals surface area contributed by atoms with Crippen molar-refractivity contribution in [3.05, 3.63) is 35.9 Å². The van der Waals surface area contributed by atoms with Gasteiger partial charge in [0.05, 0.1) is 0 Å². The summed E-state index contributed by atoms with van der Waals surface area (Å²) in [6.07, 6.45) is -0.324. The lowest BCUT2D eigenvalue weighted by Gasteiger charge is -2.35. The van der Waals surface area contributed by atoms with Gasteiger partial charge in [-0.3, -0.25) is 0 Å². The molecule has 1 aliphatic rings. The minimum atomic E-state index is -3.23. The number of aliphatic hydroxyl groups excluding tert-OH is 1. The van der Waals surface area contributed by atoms with Crippen molar-refractivity contribution in [1.82, 2.24) is 5.32 Å². The van der Waals surface area contributed by atoms with E-state index in [4.69, 9.17) is 0 Å².